The topological polar surface area (TPSA) is 15.3 Å². The second kappa shape index (κ2) is 9.17. The Bertz CT molecular complexity index is 807. The van der Waals surface area contributed by atoms with Crippen LogP contribution in [0.4, 0.5) is 0 Å². The molecule has 2 unspecified atom stereocenters. The van der Waals surface area contributed by atoms with Crippen LogP contribution in [0.15, 0.2) is 42.5 Å². The van der Waals surface area contributed by atoms with Crippen LogP contribution in [0.25, 0.3) is 0 Å². The minimum atomic E-state index is 0.121. The summed E-state index contributed by atoms with van der Waals surface area (Å²) in [4.78, 5) is 2.48. The van der Waals surface area contributed by atoms with Gasteiger partial charge in [-0.3, -0.25) is 0 Å². The third-order valence-corrected chi connectivity index (χ3v) is 7.36. The standard InChI is InChI=1S/C24H32Cl2N2/c1-5-19-8-6-7-9-20(19)24(3)13-15-28(4)17(2)23(24)27-14-12-18-10-11-21(25)22(26)16-18/h6-11,16-17,23,27H,5,12-15H2,1-4H3/t17-,23?,24?/m1/s1. The average molecular weight is 419 g/mol. The molecule has 152 valence electrons. The maximum Gasteiger partial charge on any atom is 0.0595 e. The first-order chi connectivity index (χ1) is 13.4. The van der Waals surface area contributed by atoms with Crippen molar-refractivity contribution >= 4 is 23.2 Å². The molecule has 0 aromatic heterocycles. The maximum absolute atomic E-state index is 6.18. The summed E-state index contributed by atoms with van der Waals surface area (Å²) in [5.41, 5.74) is 4.31. The number of nitrogens with one attached hydrogen (secondary N) is 1. The predicted molar refractivity (Wildman–Crippen MR) is 122 cm³/mol. The number of hydrogen-bond donors (Lipinski definition) is 1. The number of halogens is 2. The molecule has 0 bridgehead atoms. The van der Waals surface area contributed by atoms with Gasteiger partial charge in [-0.15, -0.1) is 0 Å². The molecule has 1 fully saturated rings. The zero-order valence-electron chi connectivity index (χ0n) is 17.4. The number of rotatable bonds is 6. The van der Waals surface area contributed by atoms with Crippen LogP contribution in [0.5, 0.6) is 0 Å². The van der Waals surface area contributed by atoms with Crippen LogP contribution < -0.4 is 5.32 Å². The Morgan fingerprint density at radius 2 is 1.89 bits per heavy atom. The fourth-order valence-electron chi connectivity index (χ4n) is 4.71. The Morgan fingerprint density at radius 3 is 2.61 bits per heavy atom. The molecule has 1 aliphatic heterocycles. The second-order valence-electron chi connectivity index (χ2n) is 8.33. The van der Waals surface area contributed by atoms with Gasteiger partial charge in [0.25, 0.3) is 0 Å². The fraction of sp³-hybridized carbons (Fsp3) is 0.500. The lowest BCUT2D eigenvalue weighted by atomic mass is 9.67. The van der Waals surface area contributed by atoms with Crippen molar-refractivity contribution in [3.05, 3.63) is 69.2 Å². The average Bonchev–Trinajstić information content (AvgIpc) is 2.70. The van der Waals surface area contributed by atoms with Gasteiger partial charge in [0.05, 0.1) is 10.0 Å². The maximum atomic E-state index is 6.18. The largest absolute Gasteiger partial charge is 0.311 e. The zero-order chi connectivity index (χ0) is 20.3. The quantitative estimate of drug-likeness (QED) is 0.643. The van der Waals surface area contributed by atoms with Crippen LogP contribution in [0.3, 0.4) is 0 Å². The highest BCUT2D eigenvalue weighted by molar-refractivity contribution is 6.42. The molecule has 0 amide bonds. The van der Waals surface area contributed by atoms with Crippen LogP contribution in [0.1, 0.15) is 43.9 Å². The Labute approximate surface area is 180 Å². The van der Waals surface area contributed by atoms with Crippen molar-refractivity contribution in [2.75, 3.05) is 20.1 Å². The first-order valence-electron chi connectivity index (χ1n) is 10.3. The number of likely N-dealkylation sites (tertiary alicyclic amines) is 1. The van der Waals surface area contributed by atoms with Gasteiger partial charge in [-0.25, -0.2) is 0 Å². The van der Waals surface area contributed by atoms with Gasteiger partial charge < -0.3 is 10.2 Å². The summed E-state index contributed by atoms with van der Waals surface area (Å²) in [5, 5.41) is 5.15. The summed E-state index contributed by atoms with van der Waals surface area (Å²) in [6, 6.07) is 15.8. The van der Waals surface area contributed by atoms with Crippen molar-refractivity contribution in [2.24, 2.45) is 0 Å². The van der Waals surface area contributed by atoms with Crippen molar-refractivity contribution in [3.8, 4) is 0 Å². The molecule has 3 atom stereocenters. The van der Waals surface area contributed by atoms with E-state index < -0.39 is 0 Å². The lowest BCUT2D eigenvalue weighted by Crippen LogP contribution is -2.62. The molecule has 2 aromatic carbocycles. The number of benzene rings is 2. The minimum absolute atomic E-state index is 0.121. The van der Waals surface area contributed by atoms with E-state index in [4.69, 9.17) is 23.2 Å². The molecule has 2 nitrogen and oxygen atoms in total. The minimum Gasteiger partial charge on any atom is -0.311 e. The molecular formula is C24H32Cl2N2. The normalized spacial score (nSPS) is 25.8. The molecule has 0 saturated carbocycles. The number of piperidine rings is 1. The lowest BCUT2D eigenvalue weighted by molar-refractivity contribution is 0.0888. The van der Waals surface area contributed by atoms with Crippen molar-refractivity contribution in [1.82, 2.24) is 10.2 Å². The summed E-state index contributed by atoms with van der Waals surface area (Å²) < 4.78 is 0. The molecule has 1 aliphatic rings. The highest BCUT2D eigenvalue weighted by Crippen LogP contribution is 2.39. The van der Waals surface area contributed by atoms with E-state index in [9.17, 15) is 0 Å². The summed E-state index contributed by atoms with van der Waals surface area (Å²) in [6.45, 7) is 9.10. The molecule has 2 aromatic rings. The van der Waals surface area contributed by atoms with E-state index in [1.165, 1.54) is 16.7 Å². The van der Waals surface area contributed by atoms with Crippen LogP contribution in [-0.2, 0) is 18.3 Å². The first kappa shape index (κ1) is 21.6. The number of aryl methyl sites for hydroxylation is 1. The Balaban J connectivity index is 1.80. The van der Waals surface area contributed by atoms with Crippen molar-refractivity contribution in [3.63, 3.8) is 0 Å². The van der Waals surface area contributed by atoms with E-state index in [0.717, 1.165) is 32.4 Å². The summed E-state index contributed by atoms with van der Waals surface area (Å²) in [5.74, 6) is 0. The summed E-state index contributed by atoms with van der Waals surface area (Å²) >= 11 is 12.2. The molecule has 1 N–H and O–H groups in total. The third-order valence-electron chi connectivity index (χ3n) is 6.62. The smallest absolute Gasteiger partial charge is 0.0595 e. The van der Waals surface area contributed by atoms with Crippen LogP contribution >= 0.6 is 23.2 Å². The monoisotopic (exact) mass is 418 g/mol. The fourth-order valence-corrected chi connectivity index (χ4v) is 5.03. The van der Waals surface area contributed by atoms with Gasteiger partial charge in [0.1, 0.15) is 0 Å². The van der Waals surface area contributed by atoms with Crippen molar-refractivity contribution < 1.29 is 0 Å². The van der Waals surface area contributed by atoms with Crippen LogP contribution in [0, 0.1) is 0 Å². The molecule has 28 heavy (non-hydrogen) atoms. The highest BCUT2D eigenvalue weighted by atomic mass is 35.5. The summed E-state index contributed by atoms with van der Waals surface area (Å²) in [7, 11) is 2.24. The van der Waals surface area contributed by atoms with E-state index >= 15 is 0 Å². The molecule has 3 rings (SSSR count). The van der Waals surface area contributed by atoms with Crippen molar-refractivity contribution in [1.29, 1.82) is 0 Å². The lowest BCUT2D eigenvalue weighted by Gasteiger charge is -2.50. The molecule has 0 spiro atoms. The molecule has 0 aliphatic carbocycles. The zero-order valence-corrected chi connectivity index (χ0v) is 18.9. The van der Waals surface area contributed by atoms with E-state index in [-0.39, 0.29) is 5.41 Å². The first-order valence-corrected chi connectivity index (χ1v) is 11.1. The number of nitrogens with zero attached hydrogens (tertiary/aromatic N) is 1. The van der Waals surface area contributed by atoms with Gasteiger partial charge in [-0.2, -0.15) is 0 Å². The SMILES string of the molecule is CCc1ccccc1C1(C)CCN(C)[C@H](C)C1NCCc1ccc(Cl)c(Cl)c1. The van der Waals surface area contributed by atoms with Gasteiger partial charge in [0.15, 0.2) is 0 Å². The van der Waals surface area contributed by atoms with Crippen molar-refractivity contribution in [2.45, 2.75) is 57.5 Å². The summed E-state index contributed by atoms with van der Waals surface area (Å²) in [6.07, 6.45) is 3.18. The van der Waals surface area contributed by atoms with E-state index in [1.54, 1.807) is 0 Å². The van der Waals surface area contributed by atoms with E-state index in [2.05, 4.69) is 68.4 Å². The molecule has 1 heterocycles. The predicted octanol–water partition coefficient (Wildman–Crippen LogP) is 5.74. The Hall–Kier alpha value is -1.06. The van der Waals surface area contributed by atoms with Gasteiger partial charge in [0, 0.05) is 17.5 Å². The highest BCUT2D eigenvalue weighted by Gasteiger charge is 2.44. The Morgan fingerprint density at radius 1 is 1.14 bits per heavy atom. The molecule has 4 heteroatoms. The van der Waals surface area contributed by atoms with E-state index in [0.29, 0.717) is 22.1 Å². The number of hydrogen-bond acceptors (Lipinski definition) is 2. The molecule has 0 radical (unpaired) electrons. The van der Waals surface area contributed by atoms with Gasteiger partial charge in [0.2, 0.25) is 0 Å². The number of likely N-dealkylation sites (N-methyl/N-ethyl adjacent to an activating group) is 1. The molecule has 1 saturated heterocycles. The third kappa shape index (κ3) is 4.41. The van der Waals surface area contributed by atoms with Gasteiger partial charge >= 0.3 is 0 Å². The van der Waals surface area contributed by atoms with Crippen LogP contribution in [-0.4, -0.2) is 37.1 Å². The Kier molecular flexibility index (Phi) is 7.09. The second-order valence-corrected chi connectivity index (χ2v) is 9.14. The van der Waals surface area contributed by atoms with E-state index in [1.807, 2.05) is 12.1 Å². The molecular weight excluding hydrogens is 387 g/mol. The van der Waals surface area contributed by atoms with Crippen LogP contribution in [0.2, 0.25) is 10.0 Å². The van der Waals surface area contributed by atoms with Gasteiger partial charge in [-0.1, -0.05) is 67.4 Å². The van der Waals surface area contributed by atoms with Gasteiger partial charge in [-0.05, 0) is 75.1 Å².